The predicted molar refractivity (Wildman–Crippen MR) is 77.7 cm³/mol. The van der Waals surface area contributed by atoms with Gasteiger partial charge in [0.1, 0.15) is 0 Å². The molecule has 1 atom stereocenters. The first-order valence-electron chi connectivity index (χ1n) is 7.47. The Morgan fingerprint density at radius 2 is 2.19 bits per heavy atom. The third-order valence-electron chi connectivity index (χ3n) is 4.00. The molecule has 0 aliphatic carbocycles. The molecular formula is C15H23N3O3. The van der Waals surface area contributed by atoms with E-state index in [1.165, 1.54) is 0 Å². The number of hydrogen-bond donors (Lipinski definition) is 1. The highest BCUT2D eigenvalue weighted by molar-refractivity contribution is 5.80. The van der Waals surface area contributed by atoms with Crippen LogP contribution in [-0.2, 0) is 20.7 Å². The average Bonchev–Trinajstić information content (AvgIpc) is 2.79. The number of rotatable bonds is 4. The Labute approximate surface area is 124 Å². The fourth-order valence-corrected chi connectivity index (χ4v) is 2.75. The molecule has 1 aliphatic heterocycles. The number of ether oxygens (including phenoxy) is 1. The summed E-state index contributed by atoms with van der Waals surface area (Å²) in [7, 11) is 0. The lowest BCUT2D eigenvalue weighted by Gasteiger charge is -2.31. The normalized spacial score (nSPS) is 18.6. The zero-order valence-corrected chi connectivity index (χ0v) is 12.9. The van der Waals surface area contributed by atoms with Crippen LogP contribution in [-0.4, -0.2) is 46.7 Å². The first-order valence-corrected chi connectivity index (χ1v) is 7.47. The third kappa shape index (κ3) is 3.62. The highest BCUT2D eigenvalue weighted by Crippen LogP contribution is 2.20. The number of hydrogen-bond acceptors (Lipinski definition) is 4. The zero-order valence-electron chi connectivity index (χ0n) is 12.9. The lowest BCUT2D eigenvalue weighted by atomic mass is 9.97. The van der Waals surface area contributed by atoms with E-state index in [0.717, 1.165) is 29.8 Å². The van der Waals surface area contributed by atoms with E-state index in [1.54, 1.807) is 11.8 Å². The van der Waals surface area contributed by atoms with Gasteiger partial charge in [0.05, 0.1) is 24.6 Å². The summed E-state index contributed by atoms with van der Waals surface area (Å²) in [6.45, 7) is 7.17. The first kappa shape index (κ1) is 15.5. The molecule has 0 saturated carbocycles. The summed E-state index contributed by atoms with van der Waals surface area (Å²) in [5.41, 5.74) is 2.75. The summed E-state index contributed by atoms with van der Waals surface area (Å²) in [6.07, 6.45) is 1.98. The summed E-state index contributed by atoms with van der Waals surface area (Å²) in [5.74, 6) is -0.323. The van der Waals surface area contributed by atoms with Crippen molar-refractivity contribution in [1.29, 1.82) is 0 Å². The largest absolute Gasteiger partial charge is 0.466 e. The molecule has 2 heterocycles. The minimum Gasteiger partial charge on any atom is -0.466 e. The van der Waals surface area contributed by atoms with Gasteiger partial charge in [0.2, 0.25) is 5.91 Å². The van der Waals surface area contributed by atoms with Crippen LogP contribution in [0.15, 0.2) is 0 Å². The van der Waals surface area contributed by atoms with Crippen LogP contribution in [0.5, 0.6) is 0 Å². The highest BCUT2D eigenvalue weighted by Gasteiger charge is 2.29. The molecule has 1 N–H and O–H groups in total. The minimum absolute atomic E-state index is 0.0524. The van der Waals surface area contributed by atoms with Crippen LogP contribution in [0.3, 0.4) is 0 Å². The van der Waals surface area contributed by atoms with Gasteiger partial charge < -0.3 is 9.64 Å². The third-order valence-corrected chi connectivity index (χ3v) is 4.00. The van der Waals surface area contributed by atoms with Gasteiger partial charge in [-0.2, -0.15) is 5.10 Å². The number of piperidine rings is 1. The molecule has 0 unspecified atom stereocenters. The number of aryl methyl sites for hydroxylation is 2. The van der Waals surface area contributed by atoms with Crippen LogP contribution in [0.2, 0.25) is 0 Å². The minimum atomic E-state index is -0.189. The Bertz CT molecular complexity index is 505. The predicted octanol–water partition coefficient (Wildman–Crippen LogP) is 1.37. The lowest BCUT2D eigenvalue weighted by Crippen LogP contribution is -2.43. The van der Waals surface area contributed by atoms with E-state index < -0.39 is 0 Å². The summed E-state index contributed by atoms with van der Waals surface area (Å²) in [4.78, 5) is 26.0. The van der Waals surface area contributed by atoms with Gasteiger partial charge in [-0.15, -0.1) is 0 Å². The van der Waals surface area contributed by atoms with Crippen LogP contribution in [0, 0.1) is 19.8 Å². The van der Waals surface area contributed by atoms with Gasteiger partial charge in [-0.05, 0) is 33.6 Å². The maximum Gasteiger partial charge on any atom is 0.310 e. The SMILES string of the molecule is CCOC(=O)[C@@H]1CCCN(C(=O)Cc2c(C)n[nH]c2C)C1. The van der Waals surface area contributed by atoms with Gasteiger partial charge in [-0.3, -0.25) is 14.7 Å². The maximum absolute atomic E-state index is 12.4. The van der Waals surface area contributed by atoms with Crippen LogP contribution >= 0.6 is 0 Å². The van der Waals surface area contributed by atoms with E-state index >= 15 is 0 Å². The van der Waals surface area contributed by atoms with Crippen molar-refractivity contribution >= 4 is 11.9 Å². The number of carbonyl (C=O) groups is 2. The lowest BCUT2D eigenvalue weighted by molar-refractivity contribution is -0.151. The number of H-pyrrole nitrogens is 1. The average molecular weight is 293 g/mol. The molecule has 0 radical (unpaired) electrons. The molecule has 1 amide bonds. The molecule has 1 aromatic heterocycles. The van der Waals surface area contributed by atoms with Crippen molar-refractivity contribution in [1.82, 2.24) is 15.1 Å². The van der Waals surface area contributed by atoms with Gasteiger partial charge in [-0.25, -0.2) is 0 Å². The van der Waals surface area contributed by atoms with Crippen molar-refractivity contribution in [3.63, 3.8) is 0 Å². The smallest absolute Gasteiger partial charge is 0.310 e. The fraction of sp³-hybridized carbons (Fsp3) is 0.667. The fourth-order valence-electron chi connectivity index (χ4n) is 2.75. The summed E-state index contributed by atoms with van der Waals surface area (Å²) in [5, 5.41) is 7.01. The van der Waals surface area contributed by atoms with Gasteiger partial charge in [0, 0.05) is 24.3 Å². The van der Waals surface area contributed by atoms with Crippen molar-refractivity contribution in [2.75, 3.05) is 19.7 Å². The molecule has 1 aliphatic rings. The number of aromatic amines is 1. The Morgan fingerprint density at radius 1 is 1.43 bits per heavy atom. The van der Waals surface area contributed by atoms with Gasteiger partial charge in [0.15, 0.2) is 0 Å². The molecule has 6 nitrogen and oxygen atoms in total. The zero-order chi connectivity index (χ0) is 15.4. The van der Waals surface area contributed by atoms with E-state index in [9.17, 15) is 9.59 Å². The molecule has 0 aromatic carbocycles. The molecule has 2 rings (SSSR count). The van der Waals surface area contributed by atoms with Crippen molar-refractivity contribution in [3.05, 3.63) is 17.0 Å². The summed E-state index contributed by atoms with van der Waals surface area (Å²) in [6, 6.07) is 0. The molecule has 0 spiro atoms. The van der Waals surface area contributed by atoms with Crippen molar-refractivity contribution in [2.45, 2.75) is 40.0 Å². The van der Waals surface area contributed by atoms with E-state index in [1.807, 2.05) is 13.8 Å². The van der Waals surface area contributed by atoms with E-state index in [0.29, 0.717) is 26.1 Å². The molecule has 1 fully saturated rings. The number of aromatic nitrogens is 2. The van der Waals surface area contributed by atoms with Crippen molar-refractivity contribution in [2.24, 2.45) is 5.92 Å². The van der Waals surface area contributed by atoms with Crippen LogP contribution in [0.4, 0.5) is 0 Å². The number of carbonyl (C=O) groups excluding carboxylic acids is 2. The van der Waals surface area contributed by atoms with Crippen LogP contribution < -0.4 is 0 Å². The highest BCUT2D eigenvalue weighted by atomic mass is 16.5. The monoisotopic (exact) mass is 293 g/mol. The van der Waals surface area contributed by atoms with Gasteiger partial charge >= 0.3 is 5.97 Å². The second-order valence-corrected chi connectivity index (χ2v) is 5.52. The number of likely N-dealkylation sites (tertiary alicyclic amines) is 1. The van der Waals surface area contributed by atoms with E-state index in [4.69, 9.17) is 4.74 Å². The Kier molecular flexibility index (Phi) is 4.98. The molecule has 1 saturated heterocycles. The number of nitrogens with one attached hydrogen (secondary N) is 1. The van der Waals surface area contributed by atoms with Crippen LogP contribution in [0.25, 0.3) is 0 Å². The topological polar surface area (TPSA) is 75.3 Å². The number of esters is 1. The van der Waals surface area contributed by atoms with Crippen molar-refractivity contribution in [3.8, 4) is 0 Å². The Morgan fingerprint density at radius 3 is 2.81 bits per heavy atom. The number of nitrogens with zero attached hydrogens (tertiary/aromatic N) is 2. The standard InChI is InChI=1S/C15H23N3O3/c1-4-21-15(20)12-6-5-7-18(9-12)14(19)8-13-10(2)16-17-11(13)3/h12H,4-9H2,1-3H3,(H,16,17)/t12-/m1/s1. The van der Waals surface area contributed by atoms with E-state index in [-0.39, 0.29) is 17.8 Å². The second kappa shape index (κ2) is 6.74. The first-order chi connectivity index (χ1) is 10.0. The Balaban J connectivity index is 1.98. The van der Waals surface area contributed by atoms with Gasteiger partial charge in [0.25, 0.3) is 0 Å². The summed E-state index contributed by atoms with van der Waals surface area (Å²) < 4.78 is 5.06. The van der Waals surface area contributed by atoms with Crippen LogP contribution in [0.1, 0.15) is 36.7 Å². The second-order valence-electron chi connectivity index (χ2n) is 5.52. The van der Waals surface area contributed by atoms with Crippen molar-refractivity contribution < 1.29 is 14.3 Å². The molecule has 116 valence electrons. The molecule has 6 heteroatoms. The quantitative estimate of drug-likeness (QED) is 0.851. The molecule has 1 aromatic rings. The molecule has 0 bridgehead atoms. The van der Waals surface area contributed by atoms with Gasteiger partial charge in [-0.1, -0.05) is 0 Å². The Hall–Kier alpha value is -1.85. The summed E-state index contributed by atoms with van der Waals surface area (Å²) >= 11 is 0. The maximum atomic E-state index is 12.4. The molecule has 21 heavy (non-hydrogen) atoms. The molecular weight excluding hydrogens is 270 g/mol. The number of amides is 1. The van der Waals surface area contributed by atoms with E-state index in [2.05, 4.69) is 10.2 Å².